The summed E-state index contributed by atoms with van der Waals surface area (Å²) in [7, 11) is 0. The summed E-state index contributed by atoms with van der Waals surface area (Å²) in [6.07, 6.45) is 4.67. The van der Waals surface area contributed by atoms with Crippen molar-refractivity contribution in [3.8, 4) is 17.1 Å². The highest BCUT2D eigenvalue weighted by atomic mass is 35.5. The molecule has 2 heterocycles. The van der Waals surface area contributed by atoms with Crippen LogP contribution in [0.5, 0.6) is 6.01 Å². The molecule has 0 bridgehead atoms. The molecule has 3 aromatic rings. The minimum Gasteiger partial charge on any atom is -0.480 e. The average Bonchev–Trinajstić information content (AvgIpc) is 2.90. The number of pyridine rings is 1. The second kappa shape index (κ2) is 7.25. The Balaban J connectivity index is 2.14. The van der Waals surface area contributed by atoms with Gasteiger partial charge in [0.2, 0.25) is 0 Å². The van der Waals surface area contributed by atoms with E-state index in [9.17, 15) is 10.2 Å². The number of hydrogen-bond donors (Lipinski definition) is 2. The fourth-order valence-electron chi connectivity index (χ4n) is 3.11. The Morgan fingerprint density at radius 2 is 1.85 bits per heavy atom. The maximum Gasteiger partial charge on any atom is 0.296 e. The lowest BCUT2D eigenvalue weighted by Gasteiger charge is -2.18. The number of aromatic hydroxyl groups is 1. The highest BCUT2D eigenvalue weighted by Crippen LogP contribution is 2.36. The third kappa shape index (κ3) is 3.55. The Morgan fingerprint density at radius 3 is 2.46 bits per heavy atom. The van der Waals surface area contributed by atoms with Crippen LogP contribution in [0.2, 0.25) is 5.02 Å². The van der Waals surface area contributed by atoms with Crippen molar-refractivity contribution in [3.63, 3.8) is 0 Å². The van der Waals surface area contributed by atoms with E-state index in [-0.39, 0.29) is 6.01 Å². The summed E-state index contributed by atoms with van der Waals surface area (Å²) in [5.41, 5.74) is 2.82. The second-order valence-electron chi connectivity index (χ2n) is 7.06. The normalized spacial score (nSPS) is 12.0. The molecule has 0 saturated carbocycles. The lowest BCUT2D eigenvalue weighted by Crippen LogP contribution is -2.14. The summed E-state index contributed by atoms with van der Waals surface area (Å²) in [6.45, 7) is 6.30. The predicted octanol–water partition coefficient (Wildman–Crippen LogP) is 4.87. The highest BCUT2D eigenvalue weighted by molar-refractivity contribution is 6.34. The number of aliphatic hydroxyl groups is 1. The van der Waals surface area contributed by atoms with Crippen LogP contribution in [0.1, 0.15) is 45.6 Å². The van der Waals surface area contributed by atoms with Gasteiger partial charge in [-0.1, -0.05) is 55.6 Å². The molecule has 0 radical (unpaired) electrons. The van der Waals surface area contributed by atoms with E-state index in [0.29, 0.717) is 17.2 Å². The van der Waals surface area contributed by atoms with Crippen molar-refractivity contribution < 1.29 is 10.2 Å². The van der Waals surface area contributed by atoms with Gasteiger partial charge in [-0.3, -0.25) is 4.57 Å². The Hall–Kier alpha value is -2.11. The molecule has 0 atom stereocenters. The zero-order chi connectivity index (χ0) is 18.9. The molecule has 5 nitrogen and oxygen atoms in total. The first-order valence-electron chi connectivity index (χ1n) is 8.90. The molecule has 0 aliphatic heterocycles. The number of rotatable bonds is 6. The molecule has 0 aliphatic carbocycles. The van der Waals surface area contributed by atoms with Gasteiger partial charge in [-0.15, -0.1) is 0 Å². The van der Waals surface area contributed by atoms with Gasteiger partial charge in [-0.05, 0) is 31.4 Å². The van der Waals surface area contributed by atoms with E-state index in [0.717, 1.165) is 41.5 Å². The number of benzene rings is 1. The van der Waals surface area contributed by atoms with Crippen LogP contribution >= 0.6 is 11.6 Å². The second-order valence-corrected chi connectivity index (χ2v) is 7.47. The summed E-state index contributed by atoms with van der Waals surface area (Å²) in [4.78, 5) is 8.45. The first kappa shape index (κ1) is 18.7. The van der Waals surface area contributed by atoms with Gasteiger partial charge < -0.3 is 10.2 Å². The van der Waals surface area contributed by atoms with Crippen molar-refractivity contribution in [2.75, 3.05) is 0 Å². The van der Waals surface area contributed by atoms with E-state index in [1.165, 1.54) is 0 Å². The molecule has 3 rings (SSSR count). The smallest absolute Gasteiger partial charge is 0.296 e. The predicted molar refractivity (Wildman–Crippen MR) is 104 cm³/mol. The Kier molecular flexibility index (Phi) is 5.21. The van der Waals surface area contributed by atoms with Crippen molar-refractivity contribution in [2.24, 2.45) is 0 Å². The lowest BCUT2D eigenvalue weighted by molar-refractivity contribution is 0.0786. The molecule has 0 spiro atoms. The van der Waals surface area contributed by atoms with Crippen molar-refractivity contribution in [3.05, 3.63) is 41.0 Å². The Labute approximate surface area is 158 Å². The molecular weight excluding hydrogens is 350 g/mol. The van der Waals surface area contributed by atoms with Crippen LogP contribution in [0.3, 0.4) is 0 Å². The third-order valence-corrected chi connectivity index (χ3v) is 4.86. The minimum atomic E-state index is -0.907. The highest BCUT2D eigenvalue weighted by Gasteiger charge is 2.20. The number of fused-ring (bicyclic) bond motifs is 1. The number of aryl methyl sites for hydroxylation is 1. The minimum absolute atomic E-state index is 0.0415. The standard InChI is InChI=1S/C20H24ClN3O2/c1-4-5-6-11-24-17-16(15(21)12-22-18(17)23-19(24)25)13-7-9-14(10-8-13)20(2,3)26/h7-10,12,26H,4-6,11H2,1-3H3,(H,22,23,25). The van der Waals surface area contributed by atoms with Crippen LogP contribution in [0.4, 0.5) is 0 Å². The van der Waals surface area contributed by atoms with E-state index in [1.54, 1.807) is 24.6 Å². The molecule has 0 saturated heterocycles. The Morgan fingerprint density at radius 1 is 1.15 bits per heavy atom. The number of unbranched alkanes of at least 4 members (excludes halogenated alkanes) is 2. The van der Waals surface area contributed by atoms with Gasteiger partial charge in [0.25, 0.3) is 6.01 Å². The van der Waals surface area contributed by atoms with E-state index >= 15 is 0 Å². The molecule has 0 amide bonds. The fraction of sp³-hybridized carbons (Fsp3) is 0.400. The summed E-state index contributed by atoms with van der Waals surface area (Å²) in [5, 5.41) is 20.9. The molecule has 1 aromatic carbocycles. The summed E-state index contributed by atoms with van der Waals surface area (Å²) < 4.78 is 1.78. The number of halogens is 1. The molecule has 2 aromatic heterocycles. The number of nitrogens with zero attached hydrogens (tertiary/aromatic N) is 3. The quantitative estimate of drug-likeness (QED) is 0.604. The molecule has 0 unspecified atom stereocenters. The van der Waals surface area contributed by atoms with E-state index in [4.69, 9.17) is 11.6 Å². The SMILES string of the molecule is CCCCCn1c(O)nc2ncc(Cl)c(-c3ccc(C(C)(C)O)cc3)c21. The van der Waals surface area contributed by atoms with Crippen LogP contribution in [-0.4, -0.2) is 24.7 Å². The third-order valence-electron chi connectivity index (χ3n) is 4.57. The summed E-state index contributed by atoms with van der Waals surface area (Å²) in [5.74, 6) is 0. The molecule has 0 aliphatic rings. The van der Waals surface area contributed by atoms with Crippen molar-refractivity contribution in [1.82, 2.24) is 14.5 Å². The molecule has 6 heteroatoms. The maximum atomic E-state index is 10.3. The van der Waals surface area contributed by atoms with Crippen LogP contribution in [0.25, 0.3) is 22.3 Å². The molecular formula is C20H24ClN3O2. The lowest BCUT2D eigenvalue weighted by atomic mass is 9.95. The first-order valence-corrected chi connectivity index (χ1v) is 9.27. The number of hydrogen-bond acceptors (Lipinski definition) is 4. The van der Waals surface area contributed by atoms with Crippen molar-refractivity contribution in [2.45, 2.75) is 52.2 Å². The molecule has 0 fully saturated rings. The average molecular weight is 374 g/mol. The van der Waals surface area contributed by atoms with Crippen LogP contribution in [-0.2, 0) is 12.1 Å². The number of aromatic nitrogens is 3. The van der Waals surface area contributed by atoms with Gasteiger partial charge in [0.05, 0.1) is 16.1 Å². The Bertz CT molecular complexity index is 911. The van der Waals surface area contributed by atoms with Gasteiger partial charge in [-0.2, -0.15) is 4.98 Å². The largest absolute Gasteiger partial charge is 0.480 e. The maximum absolute atomic E-state index is 10.3. The molecule has 2 N–H and O–H groups in total. The topological polar surface area (TPSA) is 71.2 Å². The number of imidazole rings is 1. The summed E-state index contributed by atoms with van der Waals surface area (Å²) >= 11 is 6.48. The van der Waals surface area contributed by atoms with E-state index < -0.39 is 5.60 Å². The van der Waals surface area contributed by atoms with E-state index in [1.807, 2.05) is 24.3 Å². The van der Waals surface area contributed by atoms with Crippen molar-refractivity contribution >= 4 is 22.8 Å². The monoisotopic (exact) mass is 373 g/mol. The van der Waals surface area contributed by atoms with Crippen LogP contribution in [0.15, 0.2) is 30.5 Å². The van der Waals surface area contributed by atoms with Gasteiger partial charge in [0.1, 0.15) is 0 Å². The summed E-state index contributed by atoms with van der Waals surface area (Å²) in [6, 6.07) is 7.58. The van der Waals surface area contributed by atoms with Crippen molar-refractivity contribution in [1.29, 1.82) is 0 Å². The molecule has 26 heavy (non-hydrogen) atoms. The van der Waals surface area contributed by atoms with Gasteiger partial charge in [0.15, 0.2) is 5.65 Å². The zero-order valence-corrected chi connectivity index (χ0v) is 16.1. The fourth-order valence-corrected chi connectivity index (χ4v) is 3.36. The zero-order valence-electron chi connectivity index (χ0n) is 15.3. The first-order chi connectivity index (χ1) is 12.3. The van der Waals surface area contributed by atoms with Crippen LogP contribution in [0, 0.1) is 0 Å². The van der Waals surface area contributed by atoms with Crippen LogP contribution < -0.4 is 0 Å². The molecule has 138 valence electrons. The van der Waals surface area contributed by atoms with Gasteiger partial charge >= 0.3 is 0 Å². The van der Waals surface area contributed by atoms with Gasteiger partial charge in [-0.25, -0.2) is 4.98 Å². The van der Waals surface area contributed by atoms with Gasteiger partial charge in [0, 0.05) is 18.3 Å². The van der Waals surface area contributed by atoms with E-state index in [2.05, 4.69) is 16.9 Å².